The summed E-state index contributed by atoms with van der Waals surface area (Å²) in [6, 6.07) is 15.4. The fraction of sp³-hybridized carbons (Fsp3) is 0.364. The van der Waals surface area contributed by atoms with E-state index in [4.69, 9.17) is 4.74 Å². The second-order valence-corrected chi connectivity index (χ2v) is 7.33. The predicted octanol–water partition coefficient (Wildman–Crippen LogP) is 3.67. The zero-order chi connectivity index (χ0) is 19.5. The highest BCUT2D eigenvalue weighted by atomic mass is 16.5. The number of benzene rings is 2. The molecule has 1 aliphatic carbocycles. The van der Waals surface area contributed by atoms with E-state index in [1.165, 1.54) is 0 Å². The van der Waals surface area contributed by atoms with Crippen LogP contribution in [0.15, 0.2) is 48.5 Å². The molecule has 2 N–H and O–H groups in total. The van der Waals surface area contributed by atoms with Crippen LogP contribution in [-0.2, 0) is 17.9 Å². The minimum Gasteiger partial charge on any atom is -0.480 e. The summed E-state index contributed by atoms with van der Waals surface area (Å²) in [4.78, 5) is 26.9. The summed E-state index contributed by atoms with van der Waals surface area (Å²) in [5.41, 5.74) is 2.65. The monoisotopic (exact) mass is 379 g/mol. The summed E-state index contributed by atoms with van der Waals surface area (Å²) in [6.45, 7) is 2.95. The highest BCUT2D eigenvalue weighted by Gasteiger charge is 2.38. The van der Waals surface area contributed by atoms with Crippen molar-refractivity contribution < 1.29 is 14.3 Å². The minimum absolute atomic E-state index is 0.0660. The Labute approximate surface area is 164 Å². The summed E-state index contributed by atoms with van der Waals surface area (Å²) >= 11 is 0. The number of amides is 3. The van der Waals surface area contributed by atoms with Crippen LogP contribution in [0.2, 0.25) is 0 Å². The van der Waals surface area contributed by atoms with Crippen molar-refractivity contribution in [1.29, 1.82) is 0 Å². The molecule has 146 valence electrons. The lowest BCUT2D eigenvalue weighted by atomic mass is 10.1. The molecule has 1 heterocycles. The van der Waals surface area contributed by atoms with E-state index >= 15 is 0 Å². The standard InChI is InChI=1S/C22H25N3O3/c1-2-19-21(26)25(18-9-10-18)14-16-12-17(8-11-20(16)28-19)24-22(27)23-13-15-6-4-3-5-7-15/h3-8,11-12,18-19H,2,9-10,13-14H2,1H3,(H2,23,24,27). The Hall–Kier alpha value is -3.02. The quantitative estimate of drug-likeness (QED) is 0.833. The SMILES string of the molecule is CCC1Oc2ccc(NC(=O)NCc3ccccc3)cc2CN(C2CC2)C1=O. The first-order valence-electron chi connectivity index (χ1n) is 9.83. The molecule has 6 nitrogen and oxygen atoms in total. The molecule has 0 saturated heterocycles. The maximum absolute atomic E-state index is 12.7. The number of nitrogens with one attached hydrogen (secondary N) is 2. The molecule has 0 spiro atoms. The first kappa shape index (κ1) is 18.3. The molecule has 2 aromatic rings. The third-order valence-corrected chi connectivity index (χ3v) is 5.14. The van der Waals surface area contributed by atoms with E-state index in [0.29, 0.717) is 31.2 Å². The average Bonchev–Trinajstić information content (AvgIpc) is 3.55. The van der Waals surface area contributed by atoms with Crippen molar-refractivity contribution in [3.63, 3.8) is 0 Å². The molecular weight excluding hydrogens is 354 g/mol. The van der Waals surface area contributed by atoms with E-state index in [1.807, 2.05) is 60.4 Å². The number of rotatable bonds is 5. The van der Waals surface area contributed by atoms with E-state index < -0.39 is 6.10 Å². The van der Waals surface area contributed by atoms with Crippen molar-refractivity contribution in [2.24, 2.45) is 0 Å². The van der Waals surface area contributed by atoms with Crippen molar-refractivity contribution in [3.05, 3.63) is 59.7 Å². The Bertz CT molecular complexity index is 865. The molecule has 2 aliphatic rings. The highest BCUT2D eigenvalue weighted by Crippen LogP contribution is 2.35. The highest BCUT2D eigenvalue weighted by molar-refractivity contribution is 5.89. The van der Waals surface area contributed by atoms with Crippen molar-refractivity contribution in [3.8, 4) is 5.75 Å². The summed E-state index contributed by atoms with van der Waals surface area (Å²) in [6.07, 6.45) is 2.31. The molecule has 1 saturated carbocycles. The number of carbonyl (C=O) groups is 2. The Morgan fingerprint density at radius 2 is 1.96 bits per heavy atom. The van der Waals surface area contributed by atoms with Crippen molar-refractivity contribution >= 4 is 17.6 Å². The number of ether oxygens (including phenoxy) is 1. The van der Waals surface area contributed by atoms with Crippen LogP contribution in [0.1, 0.15) is 37.3 Å². The van der Waals surface area contributed by atoms with Gasteiger partial charge in [-0.3, -0.25) is 4.79 Å². The average molecular weight is 379 g/mol. The topological polar surface area (TPSA) is 70.7 Å². The van der Waals surface area contributed by atoms with E-state index in [2.05, 4.69) is 10.6 Å². The number of nitrogens with zero attached hydrogens (tertiary/aromatic N) is 1. The fourth-order valence-electron chi connectivity index (χ4n) is 3.45. The maximum Gasteiger partial charge on any atom is 0.319 e. The van der Waals surface area contributed by atoms with Gasteiger partial charge in [0.05, 0.1) is 0 Å². The minimum atomic E-state index is -0.435. The van der Waals surface area contributed by atoms with Crippen LogP contribution in [0.5, 0.6) is 5.75 Å². The summed E-state index contributed by atoms with van der Waals surface area (Å²) in [7, 11) is 0. The van der Waals surface area contributed by atoms with Crippen molar-refractivity contribution in [2.75, 3.05) is 5.32 Å². The van der Waals surface area contributed by atoms with Crippen LogP contribution in [0, 0.1) is 0 Å². The molecule has 0 radical (unpaired) electrons. The van der Waals surface area contributed by atoms with Crippen LogP contribution in [0.3, 0.4) is 0 Å². The molecule has 2 aromatic carbocycles. The van der Waals surface area contributed by atoms with E-state index in [0.717, 1.165) is 29.7 Å². The molecule has 0 aromatic heterocycles. The number of fused-ring (bicyclic) bond motifs is 1. The number of hydrogen-bond donors (Lipinski definition) is 2. The van der Waals surface area contributed by atoms with Gasteiger partial charge in [0.2, 0.25) is 0 Å². The third kappa shape index (κ3) is 4.11. The number of urea groups is 1. The molecule has 1 atom stereocenters. The van der Waals surface area contributed by atoms with E-state index in [9.17, 15) is 9.59 Å². The van der Waals surface area contributed by atoms with Gasteiger partial charge in [-0.05, 0) is 43.0 Å². The summed E-state index contributed by atoms with van der Waals surface area (Å²) in [5.74, 6) is 0.787. The lowest BCUT2D eigenvalue weighted by Crippen LogP contribution is -2.40. The van der Waals surface area contributed by atoms with Gasteiger partial charge >= 0.3 is 6.03 Å². The van der Waals surface area contributed by atoms with Crippen LogP contribution < -0.4 is 15.4 Å². The smallest absolute Gasteiger partial charge is 0.319 e. The van der Waals surface area contributed by atoms with Gasteiger partial charge in [-0.15, -0.1) is 0 Å². The number of anilines is 1. The Kier molecular flexibility index (Phi) is 5.19. The van der Waals surface area contributed by atoms with Gasteiger partial charge in [-0.25, -0.2) is 4.79 Å². The normalized spacial score (nSPS) is 18.7. The van der Waals surface area contributed by atoms with Crippen LogP contribution >= 0.6 is 0 Å². The first-order valence-corrected chi connectivity index (χ1v) is 9.83. The molecule has 6 heteroatoms. The van der Waals surface area contributed by atoms with Crippen LogP contribution in [-0.4, -0.2) is 29.0 Å². The molecule has 0 bridgehead atoms. The first-order chi connectivity index (χ1) is 13.6. The molecule has 3 amide bonds. The van der Waals surface area contributed by atoms with Gasteiger partial charge in [0, 0.05) is 30.4 Å². The second kappa shape index (κ2) is 7.92. The fourth-order valence-corrected chi connectivity index (χ4v) is 3.45. The molecule has 4 rings (SSSR count). The predicted molar refractivity (Wildman–Crippen MR) is 107 cm³/mol. The molecule has 1 unspecified atom stereocenters. The zero-order valence-corrected chi connectivity index (χ0v) is 16.0. The van der Waals surface area contributed by atoms with Crippen molar-refractivity contribution in [2.45, 2.75) is 51.4 Å². The van der Waals surface area contributed by atoms with Gasteiger partial charge in [-0.2, -0.15) is 0 Å². The van der Waals surface area contributed by atoms with Gasteiger partial charge in [0.1, 0.15) is 5.75 Å². The van der Waals surface area contributed by atoms with Crippen molar-refractivity contribution in [1.82, 2.24) is 10.2 Å². The Balaban J connectivity index is 1.45. The van der Waals surface area contributed by atoms with E-state index in [-0.39, 0.29) is 11.9 Å². The van der Waals surface area contributed by atoms with Crippen LogP contribution in [0.25, 0.3) is 0 Å². The number of hydrogen-bond acceptors (Lipinski definition) is 3. The van der Waals surface area contributed by atoms with Gasteiger partial charge in [0.25, 0.3) is 5.91 Å². The number of carbonyl (C=O) groups excluding carboxylic acids is 2. The maximum atomic E-state index is 12.7. The van der Waals surface area contributed by atoms with Crippen LogP contribution in [0.4, 0.5) is 10.5 Å². The molecule has 28 heavy (non-hydrogen) atoms. The summed E-state index contributed by atoms with van der Waals surface area (Å²) in [5, 5.41) is 5.72. The zero-order valence-electron chi connectivity index (χ0n) is 16.0. The second-order valence-electron chi connectivity index (χ2n) is 7.33. The van der Waals surface area contributed by atoms with Gasteiger partial charge in [-0.1, -0.05) is 37.3 Å². The summed E-state index contributed by atoms with van der Waals surface area (Å²) < 4.78 is 5.97. The largest absolute Gasteiger partial charge is 0.480 e. The Morgan fingerprint density at radius 3 is 2.68 bits per heavy atom. The third-order valence-electron chi connectivity index (χ3n) is 5.14. The molecule has 1 aliphatic heterocycles. The molecule has 1 fully saturated rings. The molecular formula is C22H25N3O3. The lowest BCUT2D eigenvalue weighted by Gasteiger charge is -2.22. The van der Waals surface area contributed by atoms with Gasteiger partial charge < -0.3 is 20.3 Å². The van der Waals surface area contributed by atoms with Gasteiger partial charge in [0.15, 0.2) is 6.10 Å². The Morgan fingerprint density at radius 1 is 1.18 bits per heavy atom. The lowest BCUT2D eigenvalue weighted by molar-refractivity contribution is -0.139. The van der Waals surface area contributed by atoms with E-state index in [1.54, 1.807) is 0 Å².